The molecule has 0 aromatic rings. The maximum atomic E-state index is 13.1. The van der Waals surface area contributed by atoms with Gasteiger partial charge in [0.1, 0.15) is 24.3 Å². The summed E-state index contributed by atoms with van der Waals surface area (Å²) in [7, 11) is 6.12. The van der Waals surface area contributed by atoms with Crippen molar-refractivity contribution in [3.8, 4) is 0 Å². The van der Waals surface area contributed by atoms with Crippen molar-refractivity contribution in [2.75, 3.05) is 34.3 Å². The second kappa shape index (κ2) is 30.7. The summed E-state index contributed by atoms with van der Waals surface area (Å²) in [6.45, 7) is 5.61. The van der Waals surface area contributed by atoms with Gasteiger partial charge in [-0.1, -0.05) is 174 Å². The topological polar surface area (TPSA) is 63.6 Å². The zero-order valence-electron chi connectivity index (χ0n) is 30.5. The number of ketones is 1. The fourth-order valence-electron chi connectivity index (χ4n) is 6.30. The number of aliphatic carboxylic acids is 1. The summed E-state index contributed by atoms with van der Waals surface area (Å²) < 4.78 is 6.75. The molecule has 0 fully saturated rings. The molecule has 1 N–H and O–H groups in total. The number of carboxylic acid groups (broad SMARTS) is 1. The molecule has 0 spiro atoms. The molecule has 0 bridgehead atoms. The van der Waals surface area contributed by atoms with E-state index >= 15 is 0 Å². The Hall–Kier alpha value is -0.940. The first kappa shape index (κ1) is 43.1. The quantitative estimate of drug-likeness (QED) is 0.0433. The maximum Gasteiger partial charge on any atom is 0.316 e. The zero-order chi connectivity index (χ0) is 32.7. The van der Waals surface area contributed by atoms with Gasteiger partial charge in [0.15, 0.2) is 0 Å². The van der Waals surface area contributed by atoms with Crippen molar-refractivity contribution < 1.29 is 23.9 Å². The molecule has 5 nitrogen and oxygen atoms in total. The minimum absolute atomic E-state index is 0.153. The Morgan fingerprint density at radius 1 is 0.523 bits per heavy atom. The van der Waals surface area contributed by atoms with E-state index < -0.39 is 18.0 Å². The fourth-order valence-corrected chi connectivity index (χ4v) is 6.30. The smallest absolute Gasteiger partial charge is 0.316 e. The molecule has 0 radical (unpaired) electrons. The average Bonchev–Trinajstić information content (AvgIpc) is 2.96. The molecule has 0 amide bonds. The lowest BCUT2D eigenvalue weighted by Crippen LogP contribution is -2.49. The summed E-state index contributed by atoms with van der Waals surface area (Å²) in [5.74, 6) is -2.24. The highest BCUT2D eigenvalue weighted by molar-refractivity contribution is 5.98. The number of unbranched alkanes of at least 4 members (excludes halogenated alkanes) is 25. The Morgan fingerprint density at radius 2 is 0.841 bits per heavy atom. The Labute approximate surface area is 275 Å². The first-order valence-electron chi connectivity index (χ1n) is 19.4. The van der Waals surface area contributed by atoms with Gasteiger partial charge in [-0.05, 0) is 12.8 Å². The maximum absolute atomic E-state index is 13.1. The summed E-state index contributed by atoms with van der Waals surface area (Å²) in [5.41, 5.74) is 0. The number of carbonyl (C=O) groups is 2. The molecule has 5 heteroatoms. The number of nitrogens with zero attached hydrogens (tertiary/aromatic N) is 1. The normalized spacial score (nSPS) is 13.3. The molecule has 0 aliphatic heterocycles. The number of likely N-dealkylation sites (N-methyl/N-ethyl adjacent to an activating group) is 1. The Bertz CT molecular complexity index is 645. The van der Waals surface area contributed by atoms with E-state index in [1.54, 1.807) is 0 Å². The van der Waals surface area contributed by atoms with Crippen molar-refractivity contribution in [3.63, 3.8) is 0 Å². The fraction of sp³-hybridized carbons (Fsp3) is 0.949. The third kappa shape index (κ3) is 28.5. The summed E-state index contributed by atoms with van der Waals surface area (Å²) in [4.78, 5) is 25.4. The molecule has 0 heterocycles. The largest absolute Gasteiger partial charge is 0.481 e. The number of hydrogen-bond acceptors (Lipinski definition) is 3. The lowest BCUT2D eigenvalue weighted by atomic mass is 9.92. The van der Waals surface area contributed by atoms with Crippen LogP contribution in [0, 0.1) is 5.92 Å². The molecule has 262 valence electrons. The van der Waals surface area contributed by atoms with E-state index in [0.717, 1.165) is 32.1 Å². The van der Waals surface area contributed by atoms with Crippen LogP contribution in [0.5, 0.6) is 0 Å². The van der Waals surface area contributed by atoms with Gasteiger partial charge in [-0.15, -0.1) is 0 Å². The summed E-state index contributed by atoms with van der Waals surface area (Å²) in [6.07, 6.45) is 34.4. The van der Waals surface area contributed by atoms with Crippen LogP contribution in [0.1, 0.15) is 194 Å². The predicted molar refractivity (Wildman–Crippen MR) is 189 cm³/mol. The minimum atomic E-state index is -1.06. The zero-order valence-corrected chi connectivity index (χ0v) is 30.5. The SMILES string of the molecule is CCCCCCCCCCCCCCCCOC(C[N+](C)(C)C)C(C(=O)O)C(=O)CCCCCCCCCCCCCCC. The molecular formula is C39H78NO4+. The number of hydrogen-bond donors (Lipinski definition) is 1. The molecule has 0 saturated carbocycles. The highest BCUT2D eigenvalue weighted by Gasteiger charge is 2.38. The van der Waals surface area contributed by atoms with Gasteiger partial charge < -0.3 is 14.3 Å². The van der Waals surface area contributed by atoms with E-state index in [0.29, 0.717) is 24.1 Å². The standard InChI is InChI=1S/C39H77NO4/c1-6-8-10-12-14-16-18-20-22-24-26-28-30-32-34-44-37(35-40(3,4)5)38(39(42)43)36(41)33-31-29-27-25-23-21-19-17-15-13-11-9-7-2/h37-38H,6-35H2,1-5H3/p+1. The van der Waals surface area contributed by atoms with Crippen molar-refractivity contribution in [3.05, 3.63) is 0 Å². The van der Waals surface area contributed by atoms with E-state index in [2.05, 4.69) is 13.8 Å². The number of Topliss-reactive ketones (excluding diaryl/α,β-unsaturated/α-hetero) is 1. The van der Waals surface area contributed by atoms with Crippen LogP contribution in [-0.2, 0) is 14.3 Å². The Kier molecular flexibility index (Phi) is 30.0. The van der Waals surface area contributed by atoms with Crippen LogP contribution in [-0.4, -0.2) is 61.7 Å². The van der Waals surface area contributed by atoms with E-state index in [-0.39, 0.29) is 5.78 Å². The monoisotopic (exact) mass is 625 g/mol. The number of carbonyl (C=O) groups excluding carboxylic acids is 1. The van der Waals surface area contributed by atoms with Crippen LogP contribution >= 0.6 is 0 Å². The number of rotatable bonds is 35. The van der Waals surface area contributed by atoms with Gasteiger partial charge in [-0.3, -0.25) is 9.59 Å². The van der Waals surface area contributed by atoms with E-state index in [4.69, 9.17) is 4.74 Å². The third-order valence-corrected chi connectivity index (χ3v) is 9.07. The van der Waals surface area contributed by atoms with Crippen LogP contribution in [0.4, 0.5) is 0 Å². The molecule has 0 aliphatic rings. The van der Waals surface area contributed by atoms with Crippen LogP contribution in [0.3, 0.4) is 0 Å². The van der Waals surface area contributed by atoms with Gasteiger partial charge in [0.25, 0.3) is 0 Å². The summed E-state index contributed by atoms with van der Waals surface area (Å²) in [6, 6.07) is 0. The van der Waals surface area contributed by atoms with E-state index in [1.807, 2.05) is 21.1 Å². The molecule has 0 aliphatic carbocycles. The lowest BCUT2D eigenvalue weighted by Gasteiger charge is -2.31. The molecule has 0 aromatic carbocycles. The van der Waals surface area contributed by atoms with Crippen molar-refractivity contribution in [1.82, 2.24) is 0 Å². The van der Waals surface area contributed by atoms with Gasteiger partial charge in [0.05, 0.1) is 21.1 Å². The lowest BCUT2D eigenvalue weighted by molar-refractivity contribution is -0.874. The molecule has 0 rings (SSSR count). The Balaban J connectivity index is 4.16. The van der Waals surface area contributed by atoms with Crippen LogP contribution in [0.2, 0.25) is 0 Å². The summed E-state index contributed by atoms with van der Waals surface area (Å²) in [5, 5.41) is 10.0. The molecular weight excluding hydrogens is 546 g/mol. The second-order valence-electron chi connectivity index (χ2n) is 14.8. The second-order valence-corrected chi connectivity index (χ2v) is 14.8. The van der Waals surface area contributed by atoms with Gasteiger partial charge in [-0.25, -0.2) is 0 Å². The average molecular weight is 625 g/mol. The third-order valence-electron chi connectivity index (χ3n) is 9.07. The number of quaternary nitrogens is 1. The first-order valence-corrected chi connectivity index (χ1v) is 19.4. The van der Waals surface area contributed by atoms with E-state index in [9.17, 15) is 14.7 Å². The summed E-state index contributed by atoms with van der Waals surface area (Å²) >= 11 is 0. The van der Waals surface area contributed by atoms with Gasteiger partial charge >= 0.3 is 5.97 Å². The van der Waals surface area contributed by atoms with Crippen molar-refractivity contribution in [2.45, 2.75) is 200 Å². The molecule has 0 saturated heterocycles. The van der Waals surface area contributed by atoms with E-state index in [1.165, 1.54) is 141 Å². The first-order chi connectivity index (χ1) is 21.2. The highest BCUT2D eigenvalue weighted by atomic mass is 16.5. The number of ether oxygens (including phenoxy) is 1. The molecule has 2 atom stereocenters. The van der Waals surface area contributed by atoms with Crippen molar-refractivity contribution >= 4 is 11.8 Å². The highest BCUT2D eigenvalue weighted by Crippen LogP contribution is 2.20. The van der Waals surface area contributed by atoms with Crippen molar-refractivity contribution in [1.29, 1.82) is 0 Å². The van der Waals surface area contributed by atoms with Crippen molar-refractivity contribution in [2.24, 2.45) is 5.92 Å². The van der Waals surface area contributed by atoms with Gasteiger partial charge in [-0.2, -0.15) is 0 Å². The van der Waals surface area contributed by atoms with Gasteiger partial charge in [0.2, 0.25) is 0 Å². The number of carboxylic acids is 1. The Morgan fingerprint density at radius 3 is 1.16 bits per heavy atom. The molecule has 44 heavy (non-hydrogen) atoms. The molecule has 0 aromatic heterocycles. The predicted octanol–water partition coefficient (Wildman–Crippen LogP) is 11.3. The van der Waals surface area contributed by atoms with Crippen LogP contribution in [0.15, 0.2) is 0 Å². The van der Waals surface area contributed by atoms with Gasteiger partial charge in [0, 0.05) is 13.0 Å². The minimum Gasteiger partial charge on any atom is -0.481 e. The molecule has 2 unspecified atom stereocenters. The van der Waals surface area contributed by atoms with Crippen LogP contribution < -0.4 is 0 Å². The van der Waals surface area contributed by atoms with Crippen LogP contribution in [0.25, 0.3) is 0 Å².